The molecule has 3 heterocycles. The summed E-state index contributed by atoms with van der Waals surface area (Å²) in [6.45, 7) is 6.51. The number of hydrogen-bond acceptors (Lipinski definition) is 7. The van der Waals surface area contributed by atoms with Gasteiger partial charge in [0.1, 0.15) is 0 Å². The smallest absolute Gasteiger partial charge is 0.269 e. The second kappa shape index (κ2) is 10.9. The molecule has 0 radical (unpaired) electrons. The van der Waals surface area contributed by atoms with Gasteiger partial charge in [-0.15, -0.1) is 0 Å². The zero-order chi connectivity index (χ0) is 25.9. The first-order chi connectivity index (χ1) is 17.9. The van der Waals surface area contributed by atoms with Crippen LogP contribution in [-0.4, -0.2) is 85.1 Å². The Bertz CT molecular complexity index is 1150. The number of piperazine rings is 1. The van der Waals surface area contributed by atoms with Crippen molar-refractivity contribution in [3.05, 3.63) is 69.8 Å². The van der Waals surface area contributed by atoms with E-state index in [0.717, 1.165) is 16.8 Å². The number of benzene rings is 2. The Labute approximate surface area is 216 Å². The Morgan fingerprint density at radius 2 is 1.86 bits per heavy atom. The lowest BCUT2D eigenvalue weighted by molar-refractivity contribution is -0.384. The zero-order valence-corrected chi connectivity index (χ0v) is 21.0. The molecule has 0 bridgehead atoms. The summed E-state index contributed by atoms with van der Waals surface area (Å²) in [5.41, 5.74) is 2.80. The Morgan fingerprint density at radius 1 is 1.11 bits per heavy atom. The van der Waals surface area contributed by atoms with E-state index in [1.54, 1.807) is 12.1 Å². The van der Waals surface area contributed by atoms with E-state index >= 15 is 0 Å². The predicted octanol–water partition coefficient (Wildman–Crippen LogP) is 1.99. The summed E-state index contributed by atoms with van der Waals surface area (Å²) in [6, 6.07) is 14.4. The number of nitrogens with one attached hydrogen (secondary N) is 1. The fourth-order valence-electron chi connectivity index (χ4n) is 5.68. The lowest BCUT2D eigenvalue weighted by Gasteiger charge is -2.49. The lowest BCUT2D eigenvalue weighted by Crippen LogP contribution is -2.62. The van der Waals surface area contributed by atoms with Crippen molar-refractivity contribution in [1.29, 1.82) is 0 Å². The number of nitro groups is 1. The van der Waals surface area contributed by atoms with Crippen molar-refractivity contribution < 1.29 is 19.2 Å². The van der Waals surface area contributed by atoms with E-state index in [2.05, 4.69) is 15.1 Å². The van der Waals surface area contributed by atoms with Crippen LogP contribution in [0.3, 0.4) is 0 Å². The Hall–Kier alpha value is -3.50. The molecule has 2 aromatic carbocycles. The van der Waals surface area contributed by atoms with Crippen LogP contribution in [0.1, 0.15) is 24.1 Å². The largest absolute Gasteiger partial charge is 0.378 e. The molecule has 3 atom stereocenters. The quantitative estimate of drug-likeness (QED) is 0.471. The van der Waals surface area contributed by atoms with E-state index in [-0.39, 0.29) is 29.6 Å². The highest BCUT2D eigenvalue weighted by Crippen LogP contribution is 2.38. The maximum Gasteiger partial charge on any atom is 0.269 e. The molecular weight excluding hydrogens is 474 g/mol. The van der Waals surface area contributed by atoms with E-state index in [0.29, 0.717) is 58.9 Å². The van der Waals surface area contributed by atoms with Gasteiger partial charge in [-0.3, -0.25) is 24.6 Å². The average molecular weight is 508 g/mol. The van der Waals surface area contributed by atoms with Crippen molar-refractivity contribution in [2.24, 2.45) is 5.92 Å². The van der Waals surface area contributed by atoms with Gasteiger partial charge in [0.05, 0.1) is 42.7 Å². The van der Waals surface area contributed by atoms with Gasteiger partial charge in [0.15, 0.2) is 0 Å². The minimum Gasteiger partial charge on any atom is -0.378 e. The summed E-state index contributed by atoms with van der Waals surface area (Å²) in [5.74, 6) is -0.394. The van der Waals surface area contributed by atoms with Gasteiger partial charge in [-0.1, -0.05) is 30.3 Å². The number of anilines is 1. The third kappa shape index (κ3) is 5.45. The van der Waals surface area contributed by atoms with Crippen molar-refractivity contribution in [2.75, 3.05) is 57.4 Å². The van der Waals surface area contributed by atoms with Gasteiger partial charge in [0, 0.05) is 50.5 Å². The molecule has 3 unspecified atom stereocenters. The standard InChI is InChI=1S/C27H33N5O5/c1-19(20-5-3-2-4-6-20)28-27(34)23-16-21-15-22(32(35)36)7-8-24(21)31-10-9-29(17-25(23)31)18-26(33)30-11-13-37-14-12-30/h2-8,15,19,23,25H,9-14,16-18H2,1H3,(H,28,34). The van der Waals surface area contributed by atoms with Crippen LogP contribution in [0.15, 0.2) is 48.5 Å². The summed E-state index contributed by atoms with van der Waals surface area (Å²) in [7, 11) is 0. The number of ether oxygens (including phenoxy) is 1. The number of amides is 2. The fourth-order valence-corrected chi connectivity index (χ4v) is 5.68. The van der Waals surface area contributed by atoms with Crippen LogP contribution in [0, 0.1) is 16.0 Å². The highest BCUT2D eigenvalue weighted by atomic mass is 16.6. The number of hydrogen-bond donors (Lipinski definition) is 1. The molecular formula is C27H33N5O5. The van der Waals surface area contributed by atoms with E-state index in [1.165, 1.54) is 6.07 Å². The van der Waals surface area contributed by atoms with E-state index < -0.39 is 10.8 Å². The number of nitro benzene ring substituents is 1. The summed E-state index contributed by atoms with van der Waals surface area (Å²) >= 11 is 0. The monoisotopic (exact) mass is 507 g/mol. The molecule has 10 nitrogen and oxygen atoms in total. The molecule has 2 fully saturated rings. The van der Waals surface area contributed by atoms with Gasteiger partial charge in [-0.2, -0.15) is 0 Å². The van der Waals surface area contributed by atoms with E-state index in [4.69, 9.17) is 4.74 Å². The van der Waals surface area contributed by atoms with Crippen molar-refractivity contribution in [3.63, 3.8) is 0 Å². The van der Waals surface area contributed by atoms with Crippen LogP contribution in [0.25, 0.3) is 0 Å². The molecule has 5 rings (SSSR count). The lowest BCUT2D eigenvalue weighted by atomic mass is 9.83. The van der Waals surface area contributed by atoms with Crippen LogP contribution in [0.4, 0.5) is 11.4 Å². The number of fused-ring (bicyclic) bond motifs is 3. The highest BCUT2D eigenvalue weighted by Gasteiger charge is 2.42. The fraction of sp³-hybridized carbons (Fsp3) is 0.481. The summed E-state index contributed by atoms with van der Waals surface area (Å²) in [5, 5.41) is 14.6. The summed E-state index contributed by atoms with van der Waals surface area (Å²) in [6.07, 6.45) is 0.413. The minimum atomic E-state index is -0.401. The van der Waals surface area contributed by atoms with E-state index in [1.807, 2.05) is 42.2 Å². The average Bonchev–Trinajstić information content (AvgIpc) is 2.93. The molecule has 1 N–H and O–H groups in total. The van der Waals surface area contributed by atoms with Crippen molar-refractivity contribution in [3.8, 4) is 0 Å². The predicted molar refractivity (Wildman–Crippen MR) is 138 cm³/mol. The van der Waals surface area contributed by atoms with Gasteiger partial charge in [-0.25, -0.2) is 0 Å². The molecule has 196 valence electrons. The van der Waals surface area contributed by atoms with Crippen LogP contribution >= 0.6 is 0 Å². The number of non-ortho nitro benzene ring substituents is 1. The second-order valence-electron chi connectivity index (χ2n) is 10.0. The number of carbonyl (C=O) groups is 2. The molecule has 3 aliphatic heterocycles. The van der Waals surface area contributed by atoms with Gasteiger partial charge in [-0.05, 0) is 30.5 Å². The molecule has 10 heteroatoms. The molecule has 2 saturated heterocycles. The second-order valence-corrected chi connectivity index (χ2v) is 10.0. The molecule has 0 aromatic heterocycles. The van der Waals surface area contributed by atoms with Gasteiger partial charge < -0.3 is 19.9 Å². The molecule has 3 aliphatic rings. The normalized spacial score (nSPS) is 22.5. The van der Waals surface area contributed by atoms with Crippen LogP contribution in [0.5, 0.6) is 0 Å². The molecule has 2 amide bonds. The zero-order valence-electron chi connectivity index (χ0n) is 21.0. The molecule has 0 aliphatic carbocycles. The Kier molecular flexibility index (Phi) is 7.38. The van der Waals surface area contributed by atoms with Gasteiger partial charge >= 0.3 is 0 Å². The highest BCUT2D eigenvalue weighted by molar-refractivity contribution is 5.83. The Balaban J connectivity index is 1.37. The number of morpholine rings is 1. The third-order valence-electron chi connectivity index (χ3n) is 7.71. The SMILES string of the molecule is CC(NC(=O)C1Cc2cc([N+](=O)[O-])ccc2N2CCN(CC(=O)N3CCOCC3)CC12)c1ccccc1. The molecule has 2 aromatic rings. The molecule has 0 spiro atoms. The molecule has 37 heavy (non-hydrogen) atoms. The first-order valence-electron chi connectivity index (χ1n) is 12.9. The number of carbonyl (C=O) groups excluding carboxylic acids is 2. The minimum absolute atomic E-state index is 0.0313. The van der Waals surface area contributed by atoms with Crippen LogP contribution in [-0.2, 0) is 20.7 Å². The topological polar surface area (TPSA) is 108 Å². The summed E-state index contributed by atoms with van der Waals surface area (Å²) in [4.78, 5) is 43.8. The number of rotatable bonds is 6. The van der Waals surface area contributed by atoms with E-state index in [9.17, 15) is 19.7 Å². The third-order valence-corrected chi connectivity index (χ3v) is 7.71. The first kappa shape index (κ1) is 25.2. The first-order valence-corrected chi connectivity index (χ1v) is 12.9. The van der Waals surface area contributed by atoms with Crippen LogP contribution in [0.2, 0.25) is 0 Å². The Morgan fingerprint density at radius 3 is 2.59 bits per heavy atom. The molecule has 0 saturated carbocycles. The maximum atomic E-state index is 13.7. The number of nitrogens with zero attached hydrogens (tertiary/aromatic N) is 4. The van der Waals surface area contributed by atoms with Gasteiger partial charge in [0.2, 0.25) is 11.8 Å². The van der Waals surface area contributed by atoms with Crippen molar-refractivity contribution in [1.82, 2.24) is 15.1 Å². The maximum absolute atomic E-state index is 13.7. The van der Waals surface area contributed by atoms with Crippen molar-refractivity contribution >= 4 is 23.2 Å². The van der Waals surface area contributed by atoms with Gasteiger partial charge in [0.25, 0.3) is 5.69 Å². The van der Waals surface area contributed by atoms with Crippen LogP contribution < -0.4 is 10.2 Å². The van der Waals surface area contributed by atoms with Crippen molar-refractivity contribution in [2.45, 2.75) is 25.4 Å². The summed E-state index contributed by atoms with van der Waals surface area (Å²) < 4.78 is 5.37.